The van der Waals surface area contributed by atoms with E-state index in [0.717, 1.165) is 21.0 Å². The first-order valence-corrected chi connectivity index (χ1v) is 10.9. The van der Waals surface area contributed by atoms with Gasteiger partial charge in [-0.3, -0.25) is 9.10 Å². The minimum Gasteiger partial charge on any atom is -0.360 e. The van der Waals surface area contributed by atoms with E-state index in [9.17, 15) is 13.2 Å². The summed E-state index contributed by atoms with van der Waals surface area (Å²) in [6.07, 6.45) is 0. The van der Waals surface area contributed by atoms with Crippen LogP contribution in [-0.2, 0) is 14.8 Å². The molecule has 0 aliphatic carbocycles. The molecule has 0 aliphatic rings. The summed E-state index contributed by atoms with van der Waals surface area (Å²) in [5, 5.41) is 6.57. The van der Waals surface area contributed by atoms with Crippen LogP contribution in [-0.4, -0.2) is 26.0 Å². The number of aryl methyl sites for hydroxylation is 5. The van der Waals surface area contributed by atoms with E-state index in [1.807, 2.05) is 45.0 Å². The highest BCUT2D eigenvalue weighted by Gasteiger charge is 2.33. The Morgan fingerprint density at radius 2 is 1.67 bits per heavy atom. The first-order valence-electron chi connectivity index (χ1n) is 9.49. The Hall–Kier alpha value is -3.13. The topological polar surface area (TPSA) is 92.5 Å². The number of carbonyl (C=O) groups is 1. The van der Waals surface area contributed by atoms with Crippen molar-refractivity contribution in [2.75, 3.05) is 16.2 Å². The molecule has 0 bridgehead atoms. The number of nitrogens with zero attached hydrogens (tertiary/aromatic N) is 2. The van der Waals surface area contributed by atoms with Gasteiger partial charge in [0, 0.05) is 5.69 Å². The standard InChI is InChI=1S/C22H25N3O4S/c1-14-10-15(2)12-19(11-14)25(30(27,28)22-17(4)24-29-18(22)5)13-21(26)23-20-9-7-6-8-16(20)3/h6-12H,13H2,1-5H3,(H,23,26). The monoisotopic (exact) mass is 427 g/mol. The maximum absolute atomic E-state index is 13.6. The van der Waals surface area contributed by atoms with Crippen LogP contribution in [0.1, 0.15) is 28.1 Å². The zero-order valence-electron chi connectivity index (χ0n) is 17.7. The van der Waals surface area contributed by atoms with Gasteiger partial charge in [-0.05, 0) is 69.5 Å². The van der Waals surface area contributed by atoms with Crippen molar-refractivity contribution in [3.8, 4) is 0 Å². The molecule has 0 unspecified atom stereocenters. The second kappa shape index (κ2) is 8.31. The largest absolute Gasteiger partial charge is 0.360 e. The lowest BCUT2D eigenvalue weighted by Crippen LogP contribution is -2.38. The number of rotatable bonds is 6. The van der Waals surface area contributed by atoms with E-state index in [2.05, 4.69) is 10.5 Å². The van der Waals surface area contributed by atoms with Gasteiger partial charge >= 0.3 is 0 Å². The summed E-state index contributed by atoms with van der Waals surface area (Å²) < 4.78 is 33.3. The molecule has 0 spiro atoms. The van der Waals surface area contributed by atoms with Gasteiger partial charge in [0.2, 0.25) is 5.91 Å². The summed E-state index contributed by atoms with van der Waals surface area (Å²) in [6.45, 7) is 8.35. The van der Waals surface area contributed by atoms with Gasteiger partial charge in [-0.2, -0.15) is 0 Å². The summed E-state index contributed by atoms with van der Waals surface area (Å²) in [7, 11) is -4.09. The summed E-state index contributed by atoms with van der Waals surface area (Å²) in [5.74, 6) is -0.264. The third kappa shape index (κ3) is 4.38. The lowest BCUT2D eigenvalue weighted by atomic mass is 10.1. The van der Waals surface area contributed by atoms with Crippen molar-refractivity contribution < 1.29 is 17.7 Å². The number of amides is 1. The van der Waals surface area contributed by atoms with Crippen LogP contribution in [0.5, 0.6) is 0 Å². The van der Waals surface area contributed by atoms with Gasteiger partial charge in [0.05, 0.1) is 5.69 Å². The third-order valence-corrected chi connectivity index (χ3v) is 6.74. The van der Waals surface area contributed by atoms with E-state index in [1.165, 1.54) is 0 Å². The summed E-state index contributed by atoms with van der Waals surface area (Å²) >= 11 is 0. The molecule has 0 radical (unpaired) electrons. The normalized spacial score (nSPS) is 11.4. The molecule has 7 nitrogen and oxygen atoms in total. The Kier molecular flexibility index (Phi) is 5.98. The van der Waals surface area contributed by atoms with Crippen LogP contribution in [0.4, 0.5) is 11.4 Å². The molecule has 0 saturated heterocycles. The van der Waals surface area contributed by atoms with Crippen molar-refractivity contribution in [1.29, 1.82) is 0 Å². The predicted octanol–water partition coefficient (Wildman–Crippen LogP) is 4.05. The molecule has 158 valence electrons. The van der Waals surface area contributed by atoms with E-state index < -0.39 is 15.9 Å². The first kappa shape index (κ1) is 21.6. The van der Waals surface area contributed by atoms with Gasteiger partial charge in [0.25, 0.3) is 10.0 Å². The minimum atomic E-state index is -4.09. The minimum absolute atomic E-state index is 0.0228. The van der Waals surface area contributed by atoms with Gasteiger partial charge < -0.3 is 9.84 Å². The number of benzene rings is 2. The van der Waals surface area contributed by atoms with Gasteiger partial charge in [-0.1, -0.05) is 29.4 Å². The number of sulfonamides is 1. The molecule has 0 saturated carbocycles. The van der Waals surface area contributed by atoms with Crippen LogP contribution in [0.15, 0.2) is 51.9 Å². The molecule has 8 heteroatoms. The predicted molar refractivity (Wildman–Crippen MR) is 116 cm³/mol. The highest BCUT2D eigenvalue weighted by molar-refractivity contribution is 7.93. The lowest BCUT2D eigenvalue weighted by Gasteiger charge is -2.25. The summed E-state index contributed by atoms with van der Waals surface area (Å²) in [4.78, 5) is 12.8. The number of aromatic nitrogens is 1. The number of para-hydroxylation sites is 1. The van der Waals surface area contributed by atoms with E-state index in [1.54, 1.807) is 32.0 Å². The third-order valence-electron chi connectivity index (χ3n) is 4.72. The van der Waals surface area contributed by atoms with E-state index in [-0.39, 0.29) is 22.9 Å². The number of hydrogen-bond donors (Lipinski definition) is 1. The SMILES string of the molecule is Cc1cc(C)cc(N(CC(=O)Nc2ccccc2C)S(=O)(=O)c2c(C)noc2C)c1. The second-order valence-electron chi connectivity index (χ2n) is 7.37. The smallest absolute Gasteiger partial charge is 0.270 e. The maximum atomic E-state index is 13.6. The van der Waals surface area contributed by atoms with Crippen LogP contribution in [0.25, 0.3) is 0 Å². The fraction of sp³-hybridized carbons (Fsp3) is 0.273. The number of carbonyl (C=O) groups excluding carboxylic acids is 1. The second-order valence-corrected chi connectivity index (χ2v) is 9.17. The lowest BCUT2D eigenvalue weighted by molar-refractivity contribution is -0.114. The van der Waals surface area contributed by atoms with E-state index in [0.29, 0.717) is 11.4 Å². The Balaban J connectivity index is 2.04. The van der Waals surface area contributed by atoms with Crippen molar-refractivity contribution in [3.05, 3.63) is 70.6 Å². The molecule has 0 fully saturated rings. The maximum Gasteiger partial charge on any atom is 0.270 e. The molecular weight excluding hydrogens is 402 g/mol. The molecule has 1 N–H and O–H groups in total. The zero-order valence-corrected chi connectivity index (χ0v) is 18.5. The van der Waals surface area contributed by atoms with Crippen LogP contribution >= 0.6 is 0 Å². The molecule has 3 aromatic rings. The van der Waals surface area contributed by atoms with E-state index in [4.69, 9.17) is 4.52 Å². The molecule has 3 rings (SSSR count). The Labute approximate surface area is 176 Å². The average molecular weight is 428 g/mol. The van der Waals surface area contributed by atoms with Gasteiger partial charge in [0.1, 0.15) is 12.2 Å². The zero-order chi connectivity index (χ0) is 22.1. The summed E-state index contributed by atoms with van der Waals surface area (Å²) in [5.41, 5.74) is 3.97. The van der Waals surface area contributed by atoms with Crippen LogP contribution in [0.2, 0.25) is 0 Å². The van der Waals surface area contributed by atoms with E-state index >= 15 is 0 Å². The van der Waals surface area contributed by atoms with Gasteiger partial charge in [-0.15, -0.1) is 0 Å². The molecule has 0 aliphatic heterocycles. The molecule has 30 heavy (non-hydrogen) atoms. The van der Waals surface area contributed by atoms with Crippen molar-refractivity contribution in [1.82, 2.24) is 5.16 Å². The Morgan fingerprint density at radius 1 is 1.03 bits per heavy atom. The Morgan fingerprint density at radius 3 is 2.23 bits per heavy atom. The van der Waals surface area contributed by atoms with Crippen LogP contribution < -0.4 is 9.62 Å². The van der Waals surface area contributed by atoms with Crippen molar-refractivity contribution in [3.63, 3.8) is 0 Å². The highest BCUT2D eigenvalue weighted by Crippen LogP contribution is 2.29. The molecule has 1 aromatic heterocycles. The van der Waals surface area contributed by atoms with Gasteiger partial charge in [-0.25, -0.2) is 8.42 Å². The highest BCUT2D eigenvalue weighted by atomic mass is 32.2. The molecule has 1 amide bonds. The molecular formula is C22H25N3O4S. The quantitative estimate of drug-likeness (QED) is 0.641. The fourth-order valence-corrected chi connectivity index (χ4v) is 5.10. The fourth-order valence-electron chi connectivity index (χ4n) is 3.40. The van der Waals surface area contributed by atoms with Gasteiger partial charge in [0.15, 0.2) is 10.7 Å². The van der Waals surface area contributed by atoms with Crippen molar-refractivity contribution in [2.45, 2.75) is 39.5 Å². The average Bonchev–Trinajstić information content (AvgIpc) is 2.99. The van der Waals surface area contributed by atoms with Crippen molar-refractivity contribution in [2.24, 2.45) is 0 Å². The van der Waals surface area contributed by atoms with Crippen LogP contribution in [0, 0.1) is 34.6 Å². The van der Waals surface area contributed by atoms with Crippen molar-refractivity contribution >= 4 is 27.3 Å². The number of hydrogen-bond acceptors (Lipinski definition) is 5. The first-order chi connectivity index (χ1) is 14.1. The summed E-state index contributed by atoms with van der Waals surface area (Å²) in [6, 6.07) is 12.7. The number of anilines is 2. The molecule has 1 heterocycles. The van der Waals surface area contributed by atoms with Crippen LogP contribution in [0.3, 0.4) is 0 Å². The molecule has 2 aromatic carbocycles. The number of nitrogens with one attached hydrogen (secondary N) is 1. The molecule has 0 atom stereocenters. The Bertz CT molecular complexity index is 1160.